The van der Waals surface area contributed by atoms with Gasteiger partial charge >= 0.3 is 5.97 Å². The molecular formula is C21H28BrNO2Si. The average molecular weight is 434 g/mol. The number of aromatic amines is 1. The van der Waals surface area contributed by atoms with Crippen LogP contribution in [0.15, 0.2) is 22.7 Å². The summed E-state index contributed by atoms with van der Waals surface area (Å²) in [6, 6.07) is 5.81. The van der Waals surface area contributed by atoms with Gasteiger partial charge in [0.05, 0.1) is 7.11 Å². The molecule has 0 bridgehead atoms. The maximum Gasteiger partial charge on any atom is 0.341 e. The van der Waals surface area contributed by atoms with Crippen molar-refractivity contribution in [2.75, 3.05) is 7.11 Å². The summed E-state index contributed by atoms with van der Waals surface area (Å²) >= 11 is 3.48. The van der Waals surface area contributed by atoms with Gasteiger partial charge in [0.15, 0.2) is 0 Å². The molecule has 0 spiro atoms. The first-order valence-corrected chi connectivity index (χ1v) is 12.1. The first-order chi connectivity index (χ1) is 12.1. The van der Waals surface area contributed by atoms with Crippen molar-refractivity contribution in [3.63, 3.8) is 0 Å². The SMILES string of the molecule is COC(=O)c1c(C#C[Si](C(C)C)(C(C)C)C(C)C)[nH]c2cc(Br)ccc12. The van der Waals surface area contributed by atoms with E-state index in [1.54, 1.807) is 0 Å². The van der Waals surface area contributed by atoms with Crippen molar-refractivity contribution < 1.29 is 9.53 Å². The Labute approximate surface area is 166 Å². The minimum atomic E-state index is -1.88. The number of H-pyrrole nitrogens is 1. The number of halogens is 1. The quantitative estimate of drug-likeness (QED) is 0.349. The number of esters is 1. The highest BCUT2D eigenvalue weighted by molar-refractivity contribution is 9.10. The zero-order chi connectivity index (χ0) is 19.6. The lowest BCUT2D eigenvalue weighted by molar-refractivity contribution is 0.0602. The molecule has 26 heavy (non-hydrogen) atoms. The third-order valence-electron chi connectivity index (χ3n) is 5.42. The molecule has 2 aromatic rings. The molecule has 140 valence electrons. The molecule has 0 aliphatic rings. The monoisotopic (exact) mass is 433 g/mol. The Morgan fingerprint density at radius 3 is 2.19 bits per heavy atom. The summed E-state index contributed by atoms with van der Waals surface area (Å²) in [5.74, 6) is 3.01. The molecule has 0 amide bonds. The van der Waals surface area contributed by atoms with Crippen LogP contribution in [0.3, 0.4) is 0 Å². The van der Waals surface area contributed by atoms with E-state index in [2.05, 4.69) is 73.9 Å². The molecule has 3 nitrogen and oxygen atoms in total. The fourth-order valence-corrected chi connectivity index (χ4v) is 9.75. The number of nitrogens with one attached hydrogen (secondary N) is 1. The van der Waals surface area contributed by atoms with Crippen LogP contribution in [-0.2, 0) is 4.74 Å². The Morgan fingerprint density at radius 1 is 1.12 bits per heavy atom. The Kier molecular flexibility index (Phi) is 6.41. The third kappa shape index (κ3) is 3.63. The smallest absolute Gasteiger partial charge is 0.341 e. The summed E-state index contributed by atoms with van der Waals surface area (Å²) in [5.41, 5.74) is 7.36. The minimum Gasteiger partial charge on any atom is -0.465 e. The number of benzene rings is 1. The van der Waals surface area contributed by atoms with E-state index in [1.807, 2.05) is 18.2 Å². The number of carbonyl (C=O) groups is 1. The van der Waals surface area contributed by atoms with Crippen molar-refractivity contribution in [3.8, 4) is 11.5 Å². The van der Waals surface area contributed by atoms with Gasteiger partial charge in [0.2, 0.25) is 0 Å². The van der Waals surface area contributed by atoms with E-state index in [0.29, 0.717) is 27.9 Å². The molecule has 5 heteroatoms. The van der Waals surface area contributed by atoms with Gasteiger partial charge in [-0.05, 0) is 28.8 Å². The van der Waals surface area contributed by atoms with Crippen molar-refractivity contribution in [2.45, 2.75) is 58.2 Å². The van der Waals surface area contributed by atoms with Gasteiger partial charge in [0.25, 0.3) is 0 Å². The Morgan fingerprint density at radius 2 is 1.69 bits per heavy atom. The summed E-state index contributed by atoms with van der Waals surface area (Å²) in [7, 11) is -0.471. The first kappa shape index (κ1) is 20.8. The average Bonchev–Trinajstić information content (AvgIpc) is 2.91. The molecule has 1 heterocycles. The number of fused-ring (bicyclic) bond motifs is 1. The lowest BCUT2D eigenvalue weighted by Gasteiger charge is -2.38. The van der Waals surface area contributed by atoms with E-state index in [0.717, 1.165) is 15.4 Å². The van der Waals surface area contributed by atoms with Crippen molar-refractivity contribution in [1.29, 1.82) is 0 Å². The molecule has 1 aromatic heterocycles. The number of hydrogen-bond donors (Lipinski definition) is 1. The molecule has 1 aromatic carbocycles. The second kappa shape index (κ2) is 8.02. The highest BCUT2D eigenvalue weighted by Gasteiger charge is 2.41. The highest BCUT2D eigenvalue weighted by atomic mass is 79.9. The van der Waals surface area contributed by atoms with Crippen LogP contribution in [0.4, 0.5) is 0 Å². The van der Waals surface area contributed by atoms with Crippen LogP contribution in [0.5, 0.6) is 0 Å². The maximum atomic E-state index is 12.4. The fourth-order valence-electron chi connectivity index (χ4n) is 4.18. The topological polar surface area (TPSA) is 42.1 Å². The number of methoxy groups -OCH3 is 1. The lowest BCUT2D eigenvalue weighted by Crippen LogP contribution is -2.43. The number of hydrogen-bond acceptors (Lipinski definition) is 2. The Hall–Kier alpha value is -1.51. The van der Waals surface area contributed by atoms with Crippen molar-refractivity contribution in [2.24, 2.45) is 0 Å². The van der Waals surface area contributed by atoms with Gasteiger partial charge in [-0.1, -0.05) is 69.5 Å². The minimum absolute atomic E-state index is 0.353. The van der Waals surface area contributed by atoms with Gasteiger partial charge < -0.3 is 9.72 Å². The molecular weight excluding hydrogens is 406 g/mol. The lowest BCUT2D eigenvalue weighted by atomic mass is 10.1. The summed E-state index contributed by atoms with van der Waals surface area (Å²) in [6.07, 6.45) is 0. The van der Waals surface area contributed by atoms with Gasteiger partial charge in [-0.3, -0.25) is 0 Å². The number of aromatic nitrogens is 1. The Balaban J connectivity index is 2.71. The number of carbonyl (C=O) groups excluding carboxylic acids is 1. The summed E-state index contributed by atoms with van der Waals surface area (Å²) in [5, 5.41) is 0.843. The number of rotatable bonds is 4. The van der Waals surface area contributed by atoms with Crippen LogP contribution in [-0.4, -0.2) is 26.1 Å². The van der Waals surface area contributed by atoms with Crippen LogP contribution < -0.4 is 0 Å². The molecule has 0 saturated carbocycles. The van der Waals surface area contributed by atoms with Gasteiger partial charge in [0.1, 0.15) is 19.3 Å². The van der Waals surface area contributed by atoms with E-state index in [1.165, 1.54) is 7.11 Å². The van der Waals surface area contributed by atoms with Crippen molar-refractivity contribution in [3.05, 3.63) is 33.9 Å². The second-order valence-electron chi connectivity index (χ2n) is 7.70. The second-order valence-corrected chi connectivity index (χ2v) is 14.2. The van der Waals surface area contributed by atoms with Crippen LogP contribution in [0.2, 0.25) is 16.6 Å². The standard InChI is InChI=1S/C21H28BrNO2Si/c1-13(2)26(14(3)4,15(5)6)11-10-18-20(21(24)25-7)17-9-8-16(22)12-19(17)23-18/h8-9,12-15,23H,1-7H3. The Bertz CT molecular complexity index is 849. The van der Waals surface area contributed by atoms with Crippen LogP contribution in [0.1, 0.15) is 57.6 Å². The van der Waals surface area contributed by atoms with Gasteiger partial charge in [-0.25, -0.2) is 4.79 Å². The van der Waals surface area contributed by atoms with Crippen molar-refractivity contribution in [1.82, 2.24) is 4.98 Å². The van der Waals surface area contributed by atoms with Gasteiger partial charge in [0, 0.05) is 15.4 Å². The molecule has 2 rings (SSSR count). The van der Waals surface area contributed by atoms with Crippen LogP contribution in [0.25, 0.3) is 10.9 Å². The van der Waals surface area contributed by atoms with Gasteiger partial charge in [-0.15, -0.1) is 5.54 Å². The summed E-state index contributed by atoms with van der Waals surface area (Å²) in [4.78, 5) is 15.7. The van der Waals surface area contributed by atoms with E-state index in [4.69, 9.17) is 4.74 Å². The fraction of sp³-hybridized carbons (Fsp3) is 0.476. The van der Waals surface area contributed by atoms with Crippen molar-refractivity contribution >= 4 is 40.9 Å². The van der Waals surface area contributed by atoms with Crippen LogP contribution in [0, 0.1) is 11.5 Å². The predicted octanol–water partition coefficient (Wildman–Crippen LogP) is 6.29. The highest BCUT2D eigenvalue weighted by Crippen LogP contribution is 2.41. The predicted molar refractivity (Wildman–Crippen MR) is 115 cm³/mol. The van der Waals surface area contributed by atoms with E-state index in [9.17, 15) is 4.79 Å². The summed E-state index contributed by atoms with van der Waals surface area (Å²) < 4.78 is 5.98. The molecule has 0 aliphatic heterocycles. The molecule has 1 N–H and O–H groups in total. The van der Waals surface area contributed by atoms with Crippen LogP contribution >= 0.6 is 15.9 Å². The molecule has 0 aliphatic carbocycles. The summed E-state index contributed by atoms with van der Waals surface area (Å²) in [6.45, 7) is 13.7. The molecule has 0 atom stereocenters. The zero-order valence-electron chi connectivity index (χ0n) is 16.7. The first-order valence-electron chi connectivity index (χ1n) is 9.07. The third-order valence-corrected chi connectivity index (χ3v) is 12.2. The largest absolute Gasteiger partial charge is 0.465 e. The number of ether oxygens (including phenoxy) is 1. The molecule has 0 radical (unpaired) electrons. The van der Waals surface area contributed by atoms with E-state index in [-0.39, 0.29) is 5.97 Å². The molecule has 0 unspecified atom stereocenters. The van der Waals surface area contributed by atoms with Gasteiger partial charge in [-0.2, -0.15) is 0 Å². The zero-order valence-corrected chi connectivity index (χ0v) is 19.2. The maximum absolute atomic E-state index is 12.4. The van der Waals surface area contributed by atoms with E-state index >= 15 is 0 Å². The molecule has 0 fully saturated rings. The van der Waals surface area contributed by atoms with E-state index < -0.39 is 8.07 Å². The molecule has 0 saturated heterocycles. The normalized spacial score (nSPS) is 12.0.